The Hall–Kier alpha value is -2.33. The zero-order valence-corrected chi connectivity index (χ0v) is 15.2. The molecular formula is C22H25NO3. The number of ether oxygens (including phenoxy) is 2. The van der Waals surface area contributed by atoms with E-state index in [-0.39, 0.29) is 5.78 Å². The van der Waals surface area contributed by atoms with Gasteiger partial charge in [0, 0.05) is 16.7 Å². The largest absolute Gasteiger partial charge is 0.494 e. The minimum absolute atomic E-state index is 0.0547. The van der Waals surface area contributed by atoms with Crippen molar-refractivity contribution >= 4 is 5.78 Å². The molecule has 1 heterocycles. The fraction of sp³-hybridized carbons (Fsp3) is 0.409. The molecule has 136 valence electrons. The van der Waals surface area contributed by atoms with E-state index >= 15 is 0 Å². The number of fused-ring (bicyclic) bond motifs is 3. The highest BCUT2D eigenvalue weighted by Crippen LogP contribution is 2.43. The van der Waals surface area contributed by atoms with Crippen LogP contribution in [0.15, 0.2) is 36.4 Å². The summed E-state index contributed by atoms with van der Waals surface area (Å²) in [6.45, 7) is 5.49. The first-order chi connectivity index (χ1) is 12.8. The van der Waals surface area contributed by atoms with E-state index in [1.54, 1.807) is 0 Å². The van der Waals surface area contributed by atoms with Crippen molar-refractivity contribution in [3.8, 4) is 22.6 Å². The molecule has 1 aliphatic carbocycles. The Kier molecular flexibility index (Phi) is 4.93. The van der Waals surface area contributed by atoms with Crippen molar-refractivity contribution in [3.63, 3.8) is 0 Å². The van der Waals surface area contributed by atoms with Crippen LogP contribution in [-0.4, -0.2) is 32.1 Å². The van der Waals surface area contributed by atoms with E-state index < -0.39 is 0 Å². The second-order valence-corrected chi connectivity index (χ2v) is 7.00. The summed E-state index contributed by atoms with van der Waals surface area (Å²) in [4.78, 5) is 12.8. The second-order valence-electron chi connectivity index (χ2n) is 7.00. The van der Waals surface area contributed by atoms with Gasteiger partial charge in [0.2, 0.25) is 0 Å². The Bertz CT molecular complexity index is 809. The molecule has 2 aliphatic rings. The summed E-state index contributed by atoms with van der Waals surface area (Å²) in [7, 11) is 0. The highest BCUT2D eigenvalue weighted by molar-refractivity contribution is 6.22. The molecule has 0 bridgehead atoms. The number of benzene rings is 2. The molecule has 1 fully saturated rings. The average molecular weight is 351 g/mol. The lowest BCUT2D eigenvalue weighted by Crippen LogP contribution is -2.10. The van der Waals surface area contributed by atoms with Gasteiger partial charge in [-0.15, -0.1) is 0 Å². The summed E-state index contributed by atoms with van der Waals surface area (Å²) < 4.78 is 11.6. The number of hydrogen-bond donors (Lipinski definition) is 1. The van der Waals surface area contributed by atoms with Crippen molar-refractivity contribution < 1.29 is 14.3 Å². The van der Waals surface area contributed by atoms with Crippen molar-refractivity contribution in [2.24, 2.45) is 5.92 Å². The predicted molar refractivity (Wildman–Crippen MR) is 102 cm³/mol. The van der Waals surface area contributed by atoms with Crippen molar-refractivity contribution in [3.05, 3.63) is 47.5 Å². The van der Waals surface area contributed by atoms with Gasteiger partial charge in [-0.05, 0) is 75.0 Å². The standard InChI is InChI=1S/C22H25NO3/c1-2-25-16-8-9-17-19(13-16)22(24)18-6-3-7-20(21(17)18)26-12-4-5-15-10-11-23-14-15/h3,6-9,13,15,23H,2,4-5,10-12,14H2,1H3. The van der Waals surface area contributed by atoms with Gasteiger partial charge < -0.3 is 14.8 Å². The number of carbonyl (C=O) groups excluding carboxylic acids is 1. The molecule has 0 aromatic heterocycles. The van der Waals surface area contributed by atoms with Gasteiger partial charge >= 0.3 is 0 Å². The van der Waals surface area contributed by atoms with E-state index in [0.717, 1.165) is 53.6 Å². The quantitative estimate of drug-likeness (QED) is 0.652. The van der Waals surface area contributed by atoms with E-state index in [9.17, 15) is 4.79 Å². The fourth-order valence-electron chi connectivity index (χ4n) is 3.96. The van der Waals surface area contributed by atoms with Crippen LogP contribution in [0.4, 0.5) is 0 Å². The van der Waals surface area contributed by atoms with E-state index in [4.69, 9.17) is 9.47 Å². The molecule has 0 amide bonds. The molecule has 4 nitrogen and oxygen atoms in total. The number of ketones is 1. The van der Waals surface area contributed by atoms with Gasteiger partial charge in [0.1, 0.15) is 11.5 Å². The number of nitrogens with one attached hydrogen (secondary N) is 1. The molecule has 2 aromatic rings. The molecule has 26 heavy (non-hydrogen) atoms. The lowest BCUT2D eigenvalue weighted by atomic mass is 10.0. The fourth-order valence-corrected chi connectivity index (χ4v) is 3.96. The molecular weight excluding hydrogens is 326 g/mol. The molecule has 0 radical (unpaired) electrons. The van der Waals surface area contributed by atoms with Crippen LogP contribution in [-0.2, 0) is 0 Å². The lowest BCUT2D eigenvalue weighted by Gasteiger charge is -2.13. The van der Waals surface area contributed by atoms with Gasteiger partial charge in [-0.3, -0.25) is 4.79 Å². The number of carbonyl (C=O) groups is 1. The Morgan fingerprint density at radius 3 is 2.85 bits per heavy atom. The lowest BCUT2D eigenvalue weighted by molar-refractivity contribution is 0.104. The molecule has 1 unspecified atom stereocenters. The van der Waals surface area contributed by atoms with Crippen LogP contribution in [0.5, 0.6) is 11.5 Å². The summed E-state index contributed by atoms with van der Waals surface area (Å²) in [6, 6.07) is 11.5. The van der Waals surface area contributed by atoms with Gasteiger partial charge in [0.15, 0.2) is 5.78 Å². The van der Waals surface area contributed by atoms with Gasteiger partial charge in [-0.25, -0.2) is 0 Å². The van der Waals surface area contributed by atoms with E-state index in [2.05, 4.69) is 5.32 Å². The van der Waals surface area contributed by atoms with Gasteiger partial charge in [-0.1, -0.05) is 12.1 Å². The summed E-state index contributed by atoms with van der Waals surface area (Å²) >= 11 is 0. The van der Waals surface area contributed by atoms with Gasteiger partial charge in [0.05, 0.1) is 13.2 Å². The third kappa shape index (κ3) is 3.21. The highest BCUT2D eigenvalue weighted by Gasteiger charge is 2.30. The smallest absolute Gasteiger partial charge is 0.194 e. The summed E-state index contributed by atoms with van der Waals surface area (Å²) in [6.07, 6.45) is 3.50. The Morgan fingerprint density at radius 1 is 1.12 bits per heavy atom. The SMILES string of the molecule is CCOc1ccc2c(c1)C(=O)c1cccc(OCCCC3CCNC3)c1-2. The first kappa shape index (κ1) is 17.1. The maximum atomic E-state index is 12.8. The maximum Gasteiger partial charge on any atom is 0.194 e. The normalized spacial score (nSPS) is 17.9. The second kappa shape index (κ2) is 7.50. The third-order valence-electron chi connectivity index (χ3n) is 5.26. The van der Waals surface area contributed by atoms with Crippen LogP contribution in [0.3, 0.4) is 0 Å². The summed E-state index contributed by atoms with van der Waals surface area (Å²) in [5.74, 6) is 2.38. The van der Waals surface area contributed by atoms with Crippen LogP contribution in [0.1, 0.15) is 42.1 Å². The average Bonchev–Trinajstić information content (AvgIpc) is 3.27. The van der Waals surface area contributed by atoms with Crippen molar-refractivity contribution in [1.29, 1.82) is 0 Å². The molecule has 1 saturated heterocycles. The van der Waals surface area contributed by atoms with E-state index in [1.165, 1.54) is 12.8 Å². The van der Waals surface area contributed by atoms with Gasteiger partial charge in [-0.2, -0.15) is 0 Å². The van der Waals surface area contributed by atoms with Crippen LogP contribution in [0.25, 0.3) is 11.1 Å². The van der Waals surface area contributed by atoms with Crippen molar-refractivity contribution in [2.45, 2.75) is 26.2 Å². The monoisotopic (exact) mass is 351 g/mol. The van der Waals surface area contributed by atoms with Crippen LogP contribution in [0, 0.1) is 5.92 Å². The van der Waals surface area contributed by atoms with E-state index in [0.29, 0.717) is 18.8 Å². The van der Waals surface area contributed by atoms with Crippen LogP contribution >= 0.6 is 0 Å². The predicted octanol–water partition coefficient (Wildman–Crippen LogP) is 4.07. The Labute approximate surface area is 154 Å². The number of hydrogen-bond acceptors (Lipinski definition) is 4. The molecule has 4 heteroatoms. The first-order valence-electron chi connectivity index (χ1n) is 9.56. The van der Waals surface area contributed by atoms with Crippen LogP contribution < -0.4 is 14.8 Å². The van der Waals surface area contributed by atoms with E-state index in [1.807, 2.05) is 43.3 Å². The molecule has 1 N–H and O–H groups in total. The Morgan fingerprint density at radius 2 is 2.04 bits per heavy atom. The summed E-state index contributed by atoms with van der Waals surface area (Å²) in [5.41, 5.74) is 3.31. The third-order valence-corrected chi connectivity index (χ3v) is 5.26. The molecule has 0 saturated carbocycles. The van der Waals surface area contributed by atoms with Crippen molar-refractivity contribution in [1.82, 2.24) is 5.32 Å². The van der Waals surface area contributed by atoms with Crippen LogP contribution in [0.2, 0.25) is 0 Å². The minimum atomic E-state index is 0.0547. The number of rotatable bonds is 7. The van der Waals surface area contributed by atoms with Crippen molar-refractivity contribution in [2.75, 3.05) is 26.3 Å². The molecule has 0 spiro atoms. The molecule has 1 atom stereocenters. The molecule has 4 rings (SSSR count). The Balaban J connectivity index is 1.51. The summed E-state index contributed by atoms with van der Waals surface area (Å²) in [5, 5.41) is 3.41. The highest BCUT2D eigenvalue weighted by atomic mass is 16.5. The minimum Gasteiger partial charge on any atom is -0.494 e. The first-order valence-corrected chi connectivity index (χ1v) is 9.56. The topological polar surface area (TPSA) is 47.6 Å². The zero-order valence-electron chi connectivity index (χ0n) is 15.2. The maximum absolute atomic E-state index is 12.8. The van der Waals surface area contributed by atoms with Gasteiger partial charge in [0.25, 0.3) is 0 Å². The molecule has 1 aliphatic heterocycles. The molecule has 2 aromatic carbocycles. The zero-order chi connectivity index (χ0) is 17.9.